The third kappa shape index (κ3) is 5.33. The first kappa shape index (κ1) is 22.6. The van der Waals surface area contributed by atoms with Crippen molar-refractivity contribution in [2.24, 2.45) is 0 Å². The van der Waals surface area contributed by atoms with E-state index in [1.807, 2.05) is 24.3 Å². The van der Waals surface area contributed by atoms with Gasteiger partial charge in [-0.3, -0.25) is 25.8 Å². The van der Waals surface area contributed by atoms with Gasteiger partial charge in [-0.25, -0.2) is 0 Å². The van der Waals surface area contributed by atoms with Gasteiger partial charge in [0.2, 0.25) is 0 Å². The number of thiophene rings is 1. The van der Waals surface area contributed by atoms with Gasteiger partial charge in [0.25, 0.3) is 11.8 Å². The number of hydrazine groups is 1. The largest absolute Gasteiger partial charge is 0.479 e. The summed E-state index contributed by atoms with van der Waals surface area (Å²) in [4.78, 5) is 25.0. The summed E-state index contributed by atoms with van der Waals surface area (Å²) < 4.78 is 6.40. The third-order valence-electron chi connectivity index (χ3n) is 3.83. The molecule has 11 heteroatoms. The van der Waals surface area contributed by atoms with Gasteiger partial charge in [0, 0.05) is 15.1 Å². The van der Waals surface area contributed by atoms with Crippen LogP contribution in [0.15, 0.2) is 42.5 Å². The minimum atomic E-state index is -0.906. The van der Waals surface area contributed by atoms with Crippen molar-refractivity contribution >= 4 is 85.4 Å². The van der Waals surface area contributed by atoms with Crippen LogP contribution in [0, 0.1) is 0 Å². The Morgan fingerprint density at radius 1 is 1.10 bits per heavy atom. The summed E-state index contributed by atoms with van der Waals surface area (Å²) in [6.07, 6.45) is -0.906. The maximum atomic E-state index is 12.4. The van der Waals surface area contributed by atoms with Crippen LogP contribution in [-0.2, 0) is 4.79 Å². The molecule has 2 aromatic carbocycles. The number of amides is 2. The van der Waals surface area contributed by atoms with Gasteiger partial charge >= 0.3 is 0 Å². The molecule has 1 heterocycles. The fourth-order valence-electron chi connectivity index (χ4n) is 2.39. The van der Waals surface area contributed by atoms with E-state index in [1.165, 1.54) is 24.3 Å². The number of rotatable bonds is 4. The Hall–Kier alpha value is -2.10. The summed E-state index contributed by atoms with van der Waals surface area (Å²) in [7, 11) is 0. The molecular weight excluding hydrogens is 489 g/mol. The van der Waals surface area contributed by atoms with E-state index in [1.54, 1.807) is 12.1 Å². The zero-order valence-electron chi connectivity index (χ0n) is 15.3. The number of ether oxygens (including phenoxy) is 1. The number of hydrogen-bond donors (Lipinski definition) is 3. The molecule has 0 fully saturated rings. The molecule has 0 bridgehead atoms. The predicted molar refractivity (Wildman–Crippen MR) is 125 cm³/mol. The molecule has 2 amide bonds. The van der Waals surface area contributed by atoms with Gasteiger partial charge in [-0.15, -0.1) is 11.3 Å². The number of carbonyl (C=O) groups is 2. The molecule has 0 saturated carbocycles. The quantitative estimate of drug-likeness (QED) is 0.347. The lowest BCUT2D eigenvalue weighted by molar-refractivity contribution is -0.125. The van der Waals surface area contributed by atoms with Crippen molar-refractivity contribution in [1.29, 1.82) is 0 Å². The van der Waals surface area contributed by atoms with E-state index in [2.05, 4.69) is 16.2 Å². The van der Waals surface area contributed by atoms with Crippen molar-refractivity contribution in [1.82, 2.24) is 16.2 Å². The van der Waals surface area contributed by atoms with Crippen molar-refractivity contribution in [2.45, 2.75) is 13.0 Å². The summed E-state index contributed by atoms with van der Waals surface area (Å²) >= 11 is 24.4. The van der Waals surface area contributed by atoms with Crippen molar-refractivity contribution in [3.05, 3.63) is 62.4 Å². The van der Waals surface area contributed by atoms with E-state index in [-0.39, 0.29) is 10.1 Å². The molecule has 30 heavy (non-hydrogen) atoms. The van der Waals surface area contributed by atoms with Crippen molar-refractivity contribution in [2.75, 3.05) is 0 Å². The van der Waals surface area contributed by atoms with E-state index >= 15 is 0 Å². The van der Waals surface area contributed by atoms with Gasteiger partial charge in [0.15, 0.2) is 11.2 Å². The molecule has 1 unspecified atom stereocenters. The highest BCUT2D eigenvalue weighted by Gasteiger charge is 2.19. The Morgan fingerprint density at radius 3 is 2.53 bits per heavy atom. The molecule has 156 valence electrons. The highest BCUT2D eigenvalue weighted by atomic mass is 35.5. The number of fused-ring (bicyclic) bond motifs is 1. The molecule has 0 radical (unpaired) electrons. The van der Waals surface area contributed by atoms with Crippen LogP contribution in [0.2, 0.25) is 15.1 Å². The summed E-state index contributed by atoms with van der Waals surface area (Å²) in [6, 6.07) is 12.1. The second-order valence-corrected chi connectivity index (χ2v) is 8.66. The molecule has 0 aliphatic carbocycles. The molecule has 6 nitrogen and oxygen atoms in total. The number of carbonyl (C=O) groups excluding carboxylic acids is 2. The summed E-state index contributed by atoms with van der Waals surface area (Å²) in [5, 5.41) is 4.18. The lowest BCUT2D eigenvalue weighted by Crippen LogP contribution is -2.50. The summed E-state index contributed by atoms with van der Waals surface area (Å²) in [5.74, 6) is -0.710. The van der Waals surface area contributed by atoms with Crippen LogP contribution in [0.5, 0.6) is 5.75 Å². The summed E-state index contributed by atoms with van der Waals surface area (Å²) in [5.41, 5.74) is 4.88. The Kier molecular flexibility index (Phi) is 7.38. The average molecular weight is 503 g/mol. The van der Waals surface area contributed by atoms with E-state index in [4.69, 9.17) is 51.8 Å². The topological polar surface area (TPSA) is 79.5 Å². The smallest absolute Gasteiger partial charge is 0.281 e. The zero-order chi connectivity index (χ0) is 21.8. The molecule has 1 atom stereocenters. The first-order valence-electron chi connectivity index (χ1n) is 8.46. The molecule has 0 aliphatic rings. The first-order valence-corrected chi connectivity index (χ1v) is 10.8. The molecule has 0 saturated heterocycles. The van der Waals surface area contributed by atoms with Gasteiger partial charge in [-0.1, -0.05) is 53.0 Å². The third-order valence-corrected chi connectivity index (χ3v) is 6.24. The highest BCUT2D eigenvalue weighted by Crippen LogP contribution is 2.34. The van der Waals surface area contributed by atoms with E-state index in [9.17, 15) is 9.59 Å². The number of thiocarbonyl (C=S) groups is 1. The lowest BCUT2D eigenvalue weighted by atomic mass is 10.2. The number of nitrogens with one attached hydrogen (secondary N) is 3. The van der Waals surface area contributed by atoms with Crippen LogP contribution in [0.4, 0.5) is 0 Å². The zero-order valence-corrected chi connectivity index (χ0v) is 19.2. The second-order valence-electron chi connectivity index (χ2n) is 5.97. The monoisotopic (exact) mass is 501 g/mol. The molecule has 0 aliphatic heterocycles. The predicted octanol–water partition coefficient (Wildman–Crippen LogP) is 4.96. The second kappa shape index (κ2) is 9.80. The highest BCUT2D eigenvalue weighted by molar-refractivity contribution is 7.80. The Balaban J connectivity index is 1.53. The number of hydrogen-bond acceptors (Lipinski definition) is 5. The normalized spacial score (nSPS) is 11.6. The van der Waals surface area contributed by atoms with Crippen LogP contribution < -0.4 is 20.9 Å². The minimum Gasteiger partial charge on any atom is -0.479 e. The van der Waals surface area contributed by atoms with Crippen LogP contribution in [0.1, 0.15) is 16.6 Å². The van der Waals surface area contributed by atoms with E-state index in [0.29, 0.717) is 20.7 Å². The molecule has 3 rings (SSSR count). The van der Waals surface area contributed by atoms with Gasteiger partial charge in [0.1, 0.15) is 10.6 Å². The Labute approximate surface area is 196 Å². The summed E-state index contributed by atoms with van der Waals surface area (Å²) in [6.45, 7) is 1.53. The van der Waals surface area contributed by atoms with Crippen molar-refractivity contribution in [3.63, 3.8) is 0 Å². The average Bonchev–Trinajstić information content (AvgIpc) is 3.05. The van der Waals surface area contributed by atoms with Crippen molar-refractivity contribution < 1.29 is 14.3 Å². The van der Waals surface area contributed by atoms with Crippen molar-refractivity contribution in [3.8, 4) is 5.75 Å². The maximum Gasteiger partial charge on any atom is 0.281 e. The Bertz CT molecular complexity index is 1140. The Morgan fingerprint density at radius 2 is 1.83 bits per heavy atom. The first-order chi connectivity index (χ1) is 14.3. The van der Waals surface area contributed by atoms with Crippen LogP contribution >= 0.6 is 58.4 Å². The van der Waals surface area contributed by atoms with E-state index < -0.39 is 17.9 Å². The van der Waals surface area contributed by atoms with E-state index in [0.717, 1.165) is 10.1 Å². The van der Waals surface area contributed by atoms with Gasteiger partial charge in [-0.2, -0.15) is 0 Å². The van der Waals surface area contributed by atoms with Gasteiger partial charge in [0.05, 0.1) is 10.0 Å². The van der Waals surface area contributed by atoms with Gasteiger partial charge < -0.3 is 4.74 Å². The fraction of sp³-hybridized carbons (Fsp3) is 0.105. The molecule has 3 aromatic rings. The SMILES string of the molecule is CC(Oc1ccc(Cl)cc1Cl)C(=O)NC(=S)NNC(=O)c1sc2ccccc2c1Cl. The molecule has 1 aromatic heterocycles. The molecule has 3 N–H and O–H groups in total. The standard InChI is InChI=1S/C19H14Cl3N3O3S2/c1-9(28-13-7-6-10(20)8-12(13)21)17(26)23-19(29)25-24-18(27)16-15(22)11-4-2-3-5-14(11)30-16/h2-9H,1H3,(H,24,27)(H2,23,25,26,29). The van der Waals surface area contributed by atoms with Gasteiger partial charge in [-0.05, 0) is 43.4 Å². The minimum absolute atomic E-state index is 0.108. The molecule has 0 spiro atoms. The molecular formula is C19H14Cl3N3O3S2. The lowest BCUT2D eigenvalue weighted by Gasteiger charge is -2.16. The maximum absolute atomic E-state index is 12.4. The van der Waals surface area contributed by atoms with Crippen LogP contribution in [0.25, 0.3) is 10.1 Å². The number of benzene rings is 2. The fourth-order valence-corrected chi connectivity index (χ4v) is 4.41. The van der Waals surface area contributed by atoms with Crippen LogP contribution in [-0.4, -0.2) is 23.0 Å². The van der Waals surface area contributed by atoms with Crippen LogP contribution in [0.3, 0.4) is 0 Å². The number of halogens is 3.